The van der Waals surface area contributed by atoms with Crippen molar-refractivity contribution < 1.29 is 9.32 Å². The van der Waals surface area contributed by atoms with Gasteiger partial charge >= 0.3 is 0 Å². The molecule has 4 nitrogen and oxygen atoms in total. The molecule has 1 amide bonds. The molecule has 0 fully saturated rings. The Kier molecular flexibility index (Phi) is 2.63. The van der Waals surface area contributed by atoms with Gasteiger partial charge in [-0.05, 0) is 6.92 Å². The van der Waals surface area contributed by atoms with Crippen LogP contribution in [0.3, 0.4) is 0 Å². The Labute approximate surface area is 70.2 Å². The molecule has 0 aliphatic carbocycles. The van der Waals surface area contributed by atoms with Crippen LogP contribution >= 0.6 is 0 Å². The van der Waals surface area contributed by atoms with E-state index in [-0.39, 0.29) is 5.91 Å². The molecule has 1 heterocycles. The highest BCUT2D eigenvalue weighted by Gasteiger charge is 2.08. The number of carbonyl (C=O) groups excluding carboxylic acids is 1. The summed E-state index contributed by atoms with van der Waals surface area (Å²) in [6.07, 6.45) is 1.60. The van der Waals surface area contributed by atoms with Crippen LogP contribution in [0.5, 0.6) is 0 Å². The zero-order valence-electron chi connectivity index (χ0n) is 6.83. The van der Waals surface area contributed by atoms with E-state index in [1.165, 1.54) is 0 Å². The quantitative estimate of drug-likeness (QED) is 0.678. The standard InChI is InChI=1S/C8H10N2O2/c1-3-4-9-8(11)7-5-6(2)12-10-7/h3,5H,1,4H2,2H3,(H,9,11). The van der Waals surface area contributed by atoms with Gasteiger partial charge in [-0.2, -0.15) is 0 Å². The van der Waals surface area contributed by atoms with Gasteiger partial charge in [-0.3, -0.25) is 4.79 Å². The maximum Gasteiger partial charge on any atom is 0.273 e. The van der Waals surface area contributed by atoms with Crippen LogP contribution in [0, 0.1) is 6.92 Å². The van der Waals surface area contributed by atoms with Crippen molar-refractivity contribution in [1.29, 1.82) is 0 Å². The number of aromatic nitrogens is 1. The molecule has 0 unspecified atom stereocenters. The molecule has 0 saturated heterocycles. The first-order valence-electron chi connectivity index (χ1n) is 3.56. The lowest BCUT2D eigenvalue weighted by Gasteiger charge is -1.95. The van der Waals surface area contributed by atoms with Gasteiger partial charge in [0, 0.05) is 12.6 Å². The number of nitrogens with one attached hydrogen (secondary N) is 1. The van der Waals surface area contributed by atoms with Gasteiger partial charge < -0.3 is 9.84 Å². The van der Waals surface area contributed by atoms with Crippen LogP contribution in [0.4, 0.5) is 0 Å². The van der Waals surface area contributed by atoms with E-state index in [0.717, 1.165) is 0 Å². The second kappa shape index (κ2) is 3.71. The number of hydrogen-bond donors (Lipinski definition) is 1. The van der Waals surface area contributed by atoms with Crippen LogP contribution in [0.15, 0.2) is 23.2 Å². The molecular formula is C8H10N2O2. The van der Waals surface area contributed by atoms with Crippen molar-refractivity contribution in [2.24, 2.45) is 0 Å². The van der Waals surface area contributed by atoms with Crippen molar-refractivity contribution in [3.63, 3.8) is 0 Å². The number of carbonyl (C=O) groups is 1. The van der Waals surface area contributed by atoms with Crippen LogP contribution in [-0.2, 0) is 0 Å². The molecule has 0 saturated carbocycles. The van der Waals surface area contributed by atoms with Crippen molar-refractivity contribution in [2.75, 3.05) is 6.54 Å². The Morgan fingerprint density at radius 1 is 1.92 bits per heavy atom. The minimum absolute atomic E-state index is 0.244. The number of aryl methyl sites for hydroxylation is 1. The molecule has 12 heavy (non-hydrogen) atoms. The van der Waals surface area contributed by atoms with Crippen molar-refractivity contribution in [3.05, 3.63) is 30.2 Å². The summed E-state index contributed by atoms with van der Waals surface area (Å²) in [6, 6.07) is 1.58. The summed E-state index contributed by atoms with van der Waals surface area (Å²) in [5, 5.41) is 6.13. The summed E-state index contributed by atoms with van der Waals surface area (Å²) in [5.74, 6) is 0.380. The first-order chi connectivity index (χ1) is 5.74. The van der Waals surface area contributed by atoms with E-state index in [9.17, 15) is 4.79 Å². The first-order valence-corrected chi connectivity index (χ1v) is 3.56. The van der Waals surface area contributed by atoms with Crippen LogP contribution in [0.1, 0.15) is 16.2 Å². The van der Waals surface area contributed by atoms with E-state index >= 15 is 0 Å². The maximum atomic E-state index is 11.1. The largest absolute Gasteiger partial charge is 0.361 e. The molecule has 64 valence electrons. The van der Waals surface area contributed by atoms with Crippen LogP contribution in [0.2, 0.25) is 0 Å². The molecule has 1 aromatic rings. The second-order valence-corrected chi connectivity index (χ2v) is 2.32. The molecule has 0 radical (unpaired) electrons. The molecule has 1 N–H and O–H groups in total. The van der Waals surface area contributed by atoms with E-state index in [1.54, 1.807) is 19.1 Å². The molecule has 4 heteroatoms. The van der Waals surface area contributed by atoms with Gasteiger partial charge in [-0.1, -0.05) is 11.2 Å². The second-order valence-electron chi connectivity index (χ2n) is 2.32. The third-order valence-electron chi connectivity index (χ3n) is 1.27. The molecule has 1 rings (SSSR count). The van der Waals surface area contributed by atoms with E-state index in [0.29, 0.717) is 18.0 Å². The summed E-state index contributed by atoms with van der Waals surface area (Å²) < 4.78 is 4.73. The lowest BCUT2D eigenvalue weighted by Crippen LogP contribution is -2.23. The topological polar surface area (TPSA) is 55.1 Å². The predicted molar refractivity (Wildman–Crippen MR) is 43.8 cm³/mol. The Morgan fingerprint density at radius 3 is 3.17 bits per heavy atom. The number of rotatable bonds is 3. The zero-order valence-corrected chi connectivity index (χ0v) is 6.83. The van der Waals surface area contributed by atoms with E-state index in [1.807, 2.05) is 0 Å². The van der Waals surface area contributed by atoms with Gasteiger partial charge in [0.05, 0.1) is 0 Å². The van der Waals surface area contributed by atoms with Crippen molar-refractivity contribution in [1.82, 2.24) is 10.5 Å². The number of hydrogen-bond acceptors (Lipinski definition) is 3. The summed E-state index contributed by atoms with van der Waals surface area (Å²) in [5.41, 5.74) is 0.300. The predicted octanol–water partition coefficient (Wildman–Crippen LogP) is 0.899. The highest BCUT2D eigenvalue weighted by molar-refractivity contribution is 5.92. The van der Waals surface area contributed by atoms with Gasteiger partial charge in [0.1, 0.15) is 5.76 Å². The summed E-state index contributed by atoms with van der Waals surface area (Å²) in [6.45, 7) is 5.64. The fourth-order valence-corrected chi connectivity index (χ4v) is 0.729. The Balaban J connectivity index is 2.59. The third-order valence-corrected chi connectivity index (χ3v) is 1.27. The fraction of sp³-hybridized carbons (Fsp3) is 0.250. The van der Waals surface area contributed by atoms with Crippen LogP contribution in [0.25, 0.3) is 0 Å². The Morgan fingerprint density at radius 2 is 2.67 bits per heavy atom. The van der Waals surface area contributed by atoms with E-state index in [4.69, 9.17) is 4.52 Å². The van der Waals surface area contributed by atoms with Gasteiger partial charge in [0.15, 0.2) is 5.69 Å². The third kappa shape index (κ3) is 1.95. The molecule has 0 aromatic carbocycles. The summed E-state index contributed by atoms with van der Waals surface area (Å²) in [4.78, 5) is 11.1. The summed E-state index contributed by atoms with van der Waals surface area (Å²) >= 11 is 0. The summed E-state index contributed by atoms with van der Waals surface area (Å²) in [7, 11) is 0. The molecule has 1 aromatic heterocycles. The number of amides is 1. The highest BCUT2D eigenvalue weighted by Crippen LogP contribution is 2.00. The zero-order chi connectivity index (χ0) is 8.97. The average Bonchev–Trinajstić information content (AvgIpc) is 2.47. The van der Waals surface area contributed by atoms with E-state index in [2.05, 4.69) is 17.1 Å². The minimum atomic E-state index is -0.244. The SMILES string of the molecule is C=CCNC(=O)c1cc(C)on1. The molecule has 0 atom stereocenters. The van der Waals surface area contributed by atoms with E-state index < -0.39 is 0 Å². The smallest absolute Gasteiger partial charge is 0.273 e. The Bertz CT molecular complexity index is 291. The van der Waals surface area contributed by atoms with Crippen LogP contribution < -0.4 is 5.32 Å². The molecule has 0 bridgehead atoms. The minimum Gasteiger partial charge on any atom is -0.361 e. The lowest BCUT2D eigenvalue weighted by molar-refractivity contribution is 0.0949. The average molecular weight is 166 g/mol. The molecule has 0 spiro atoms. The molecule has 0 aliphatic heterocycles. The monoisotopic (exact) mass is 166 g/mol. The van der Waals surface area contributed by atoms with Crippen molar-refractivity contribution >= 4 is 5.91 Å². The van der Waals surface area contributed by atoms with Gasteiger partial charge in [0.25, 0.3) is 5.91 Å². The Hall–Kier alpha value is -1.58. The van der Waals surface area contributed by atoms with Gasteiger partial charge in [-0.15, -0.1) is 6.58 Å². The number of nitrogens with zero attached hydrogens (tertiary/aromatic N) is 1. The molecular weight excluding hydrogens is 156 g/mol. The van der Waals surface area contributed by atoms with Gasteiger partial charge in [-0.25, -0.2) is 0 Å². The molecule has 0 aliphatic rings. The van der Waals surface area contributed by atoms with Gasteiger partial charge in [0.2, 0.25) is 0 Å². The van der Waals surface area contributed by atoms with Crippen LogP contribution in [-0.4, -0.2) is 17.6 Å². The lowest BCUT2D eigenvalue weighted by atomic mass is 10.3. The maximum absolute atomic E-state index is 11.1. The fourth-order valence-electron chi connectivity index (χ4n) is 0.729. The first kappa shape index (κ1) is 8.52. The normalized spacial score (nSPS) is 9.42. The van der Waals surface area contributed by atoms with Crippen molar-refractivity contribution in [3.8, 4) is 0 Å². The van der Waals surface area contributed by atoms with Crippen molar-refractivity contribution in [2.45, 2.75) is 6.92 Å². The highest BCUT2D eigenvalue weighted by atomic mass is 16.5.